The predicted molar refractivity (Wildman–Crippen MR) is 255 cm³/mol. The maximum absolute atomic E-state index is 2.44. The Balaban J connectivity index is 1.12. The number of fused-ring (bicyclic) bond motifs is 5. The van der Waals surface area contributed by atoms with Gasteiger partial charge in [0.25, 0.3) is 0 Å². The lowest BCUT2D eigenvalue weighted by Crippen LogP contribution is -2.11. The summed E-state index contributed by atoms with van der Waals surface area (Å²) in [4.78, 5) is 2.42. The van der Waals surface area contributed by atoms with Crippen molar-refractivity contribution in [2.24, 2.45) is 0 Å². The molecule has 0 atom stereocenters. The van der Waals surface area contributed by atoms with E-state index in [0.29, 0.717) is 0 Å². The molecule has 2 heteroatoms. The highest BCUT2D eigenvalue weighted by molar-refractivity contribution is 6.24. The maximum atomic E-state index is 2.44. The standard InChI is InChI=1S/C58H40N2/c1-4-19-41(20-5-1)49-28-12-13-29-50(49)43-35-37-47(38-36-43)59(55-33-16-14-30-51(55)42-21-6-2-7-22-42)48-27-18-24-44(39-48)54-40-45-23-10-11-31-52(45)58-57(54)53-32-15-17-34-56(53)60(58)46-25-8-3-9-26-46/h1-40H. The van der Waals surface area contributed by atoms with E-state index in [9.17, 15) is 0 Å². The van der Waals surface area contributed by atoms with Crippen molar-refractivity contribution >= 4 is 49.6 Å². The lowest BCUT2D eigenvalue weighted by atomic mass is 9.94. The van der Waals surface area contributed by atoms with Crippen LogP contribution in [-0.4, -0.2) is 4.57 Å². The third-order valence-electron chi connectivity index (χ3n) is 11.8. The molecule has 0 amide bonds. The third-order valence-corrected chi connectivity index (χ3v) is 11.8. The normalized spacial score (nSPS) is 11.3. The van der Waals surface area contributed by atoms with E-state index in [1.54, 1.807) is 0 Å². The quantitative estimate of drug-likeness (QED) is 0.150. The number of para-hydroxylation sites is 3. The van der Waals surface area contributed by atoms with Gasteiger partial charge in [-0.2, -0.15) is 0 Å². The number of aromatic nitrogens is 1. The fraction of sp³-hybridized carbons (Fsp3) is 0. The molecule has 10 aromatic carbocycles. The fourth-order valence-corrected chi connectivity index (χ4v) is 9.07. The van der Waals surface area contributed by atoms with Gasteiger partial charge in [0.05, 0.1) is 16.7 Å². The fourth-order valence-electron chi connectivity index (χ4n) is 9.07. The molecule has 0 N–H and O–H groups in total. The Labute approximate surface area is 350 Å². The zero-order chi connectivity index (χ0) is 39.8. The van der Waals surface area contributed by atoms with Crippen LogP contribution in [0.2, 0.25) is 0 Å². The van der Waals surface area contributed by atoms with Gasteiger partial charge in [-0.1, -0.05) is 188 Å². The van der Waals surface area contributed by atoms with Gasteiger partial charge >= 0.3 is 0 Å². The molecule has 0 aliphatic carbocycles. The van der Waals surface area contributed by atoms with Gasteiger partial charge in [0, 0.05) is 38.8 Å². The van der Waals surface area contributed by atoms with E-state index in [-0.39, 0.29) is 0 Å². The summed E-state index contributed by atoms with van der Waals surface area (Å²) in [6.45, 7) is 0. The van der Waals surface area contributed by atoms with Gasteiger partial charge in [0.1, 0.15) is 0 Å². The summed E-state index contributed by atoms with van der Waals surface area (Å²) in [6, 6.07) is 87.8. The Morgan fingerprint density at radius 3 is 1.57 bits per heavy atom. The van der Waals surface area contributed by atoms with Gasteiger partial charge in [-0.05, 0) is 98.9 Å². The van der Waals surface area contributed by atoms with Crippen LogP contribution in [0.4, 0.5) is 17.1 Å². The average molecular weight is 765 g/mol. The van der Waals surface area contributed by atoms with Crippen LogP contribution in [-0.2, 0) is 0 Å². The number of benzene rings is 10. The molecular weight excluding hydrogens is 725 g/mol. The second kappa shape index (κ2) is 15.1. The lowest BCUT2D eigenvalue weighted by Gasteiger charge is -2.28. The summed E-state index contributed by atoms with van der Waals surface area (Å²) in [6.07, 6.45) is 0. The van der Waals surface area contributed by atoms with Crippen LogP contribution in [0.15, 0.2) is 243 Å². The second-order valence-corrected chi connectivity index (χ2v) is 15.3. The SMILES string of the molecule is c1ccc(-c2ccccc2-c2ccc(N(c3cccc(-c4cc5ccccc5c5c4c4ccccc4n5-c4ccccc4)c3)c3ccccc3-c3ccccc3)cc2)cc1. The van der Waals surface area contributed by atoms with Gasteiger partial charge in [-0.15, -0.1) is 0 Å². The molecule has 1 heterocycles. The van der Waals surface area contributed by atoms with Crippen molar-refractivity contribution in [1.29, 1.82) is 0 Å². The summed E-state index contributed by atoms with van der Waals surface area (Å²) < 4.78 is 2.44. The molecule has 11 aromatic rings. The van der Waals surface area contributed by atoms with Gasteiger partial charge in [0.2, 0.25) is 0 Å². The average Bonchev–Trinajstić information content (AvgIpc) is 3.68. The molecule has 2 nitrogen and oxygen atoms in total. The molecule has 0 aliphatic rings. The Morgan fingerprint density at radius 2 is 0.850 bits per heavy atom. The summed E-state index contributed by atoms with van der Waals surface area (Å²) >= 11 is 0. The van der Waals surface area contributed by atoms with E-state index < -0.39 is 0 Å². The number of rotatable bonds is 8. The summed E-state index contributed by atoms with van der Waals surface area (Å²) in [7, 11) is 0. The lowest BCUT2D eigenvalue weighted by molar-refractivity contribution is 1.19. The smallest absolute Gasteiger partial charge is 0.0625 e. The largest absolute Gasteiger partial charge is 0.310 e. The summed E-state index contributed by atoms with van der Waals surface area (Å²) in [5.74, 6) is 0. The minimum atomic E-state index is 1.08. The molecular formula is C58H40N2. The zero-order valence-corrected chi connectivity index (χ0v) is 33.0. The van der Waals surface area contributed by atoms with Gasteiger partial charge in [-0.3, -0.25) is 0 Å². The highest BCUT2D eigenvalue weighted by Crippen LogP contribution is 2.46. The predicted octanol–water partition coefficient (Wildman–Crippen LogP) is 16.1. The molecule has 282 valence electrons. The first-order valence-electron chi connectivity index (χ1n) is 20.6. The zero-order valence-electron chi connectivity index (χ0n) is 33.0. The Bertz CT molecular complexity index is 3290. The van der Waals surface area contributed by atoms with Crippen molar-refractivity contribution in [2.45, 2.75) is 0 Å². The van der Waals surface area contributed by atoms with Crippen LogP contribution in [0.5, 0.6) is 0 Å². The minimum absolute atomic E-state index is 1.08. The van der Waals surface area contributed by atoms with Crippen LogP contribution in [0.3, 0.4) is 0 Å². The van der Waals surface area contributed by atoms with Crippen molar-refractivity contribution in [3.8, 4) is 50.2 Å². The van der Waals surface area contributed by atoms with Crippen LogP contribution < -0.4 is 4.90 Å². The van der Waals surface area contributed by atoms with Crippen LogP contribution in [0.1, 0.15) is 0 Å². The van der Waals surface area contributed by atoms with Gasteiger partial charge < -0.3 is 9.47 Å². The van der Waals surface area contributed by atoms with E-state index in [2.05, 4.69) is 252 Å². The van der Waals surface area contributed by atoms with Gasteiger partial charge in [-0.25, -0.2) is 0 Å². The van der Waals surface area contributed by atoms with Crippen molar-refractivity contribution in [3.63, 3.8) is 0 Å². The Morgan fingerprint density at radius 1 is 0.317 bits per heavy atom. The van der Waals surface area contributed by atoms with Crippen molar-refractivity contribution in [3.05, 3.63) is 243 Å². The van der Waals surface area contributed by atoms with Crippen molar-refractivity contribution in [1.82, 2.24) is 4.57 Å². The van der Waals surface area contributed by atoms with E-state index in [1.165, 1.54) is 71.5 Å². The van der Waals surface area contributed by atoms with Crippen LogP contribution in [0.25, 0.3) is 82.8 Å². The van der Waals surface area contributed by atoms with Crippen LogP contribution >= 0.6 is 0 Å². The van der Waals surface area contributed by atoms with Crippen LogP contribution in [0, 0.1) is 0 Å². The molecule has 1 aromatic heterocycles. The first kappa shape index (κ1) is 35.2. The second-order valence-electron chi connectivity index (χ2n) is 15.3. The summed E-state index contributed by atoms with van der Waals surface area (Å²) in [5, 5.41) is 4.94. The van der Waals surface area contributed by atoms with Crippen molar-refractivity contribution in [2.75, 3.05) is 4.90 Å². The molecule has 0 aliphatic heterocycles. The highest BCUT2D eigenvalue weighted by Gasteiger charge is 2.22. The van der Waals surface area contributed by atoms with E-state index in [4.69, 9.17) is 0 Å². The third kappa shape index (κ3) is 6.14. The number of anilines is 3. The molecule has 60 heavy (non-hydrogen) atoms. The monoisotopic (exact) mass is 764 g/mol. The Kier molecular flexibility index (Phi) is 8.87. The molecule has 0 saturated heterocycles. The molecule has 0 unspecified atom stereocenters. The molecule has 0 fully saturated rings. The first-order valence-corrected chi connectivity index (χ1v) is 20.6. The molecule has 0 spiro atoms. The maximum Gasteiger partial charge on any atom is 0.0625 e. The topological polar surface area (TPSA) is 8.17 Å². The van der Waals surface area contributed by atoms with Crippen molar-refractivity contribution < 1.29 is 0 Å². The molecule has 0 radical (unpaired) electrons. The van der Waals surface area contributed by atoms with E-state index in [0.717, 1.165) is 28.3 Å². The number of nitrogens with zero attached hydrogens (tertiary/aromatic N) is 2. The Hall–Kier alpha value is -7.94. The molecule has 0 saturated carbocycles. The minimum Gasteiger partial charge on any atom is -0.310 e. The first-order chi connectivity index (χ1) is 29.8. The molecule has 11 rings (SSSR count). The number of hydrogen-bond acceptors (Lipinski definition) is 1. The summed E-state index contributed by atoms with van der Waals surface area (Å²) in [5.41, 5.74) is 16.4. The highest BCUT2D eigenvalue weighted by atomic mass is 15.1. The van der Waals surface area contributed by atoms with Gasteiger partial charge in [0.15, 0.2) is 0 Å². The molecule has 0 bridgehead atoms. The van der Waals surface area contributed by atoms with E-state index >= 15 is 0 Å². The van der Waals surface area contributed by atoms with E-state index in [1.807, 2.05) is 0 Å². The number of hydrogen-bond donors (Lipinski definition) is 0.